The summed E-state index contributed by atoms with van der Waals surface area (Å²) in [5.41, 5.74) is 0.816. The van der Waals surface area contributed by atoms with Crippen molar-refractivity contribution in [3.05, 3.63) is 40.0 Å². The van der Waals surface area contributed by atoms with Gasteiger partial charge in [-0.05, 0) is 18.2 Å². The number of rotatable bonds is 1. The predicted molar refractivity (Wildman–Crippen MR) is 63.1 cm³/mol. The smallest absolute Gasteiger partial charge is 0.340 e. The third-order valence-corrected chi connectivity index (χ3v) is 2.88. The molecule has 1 aromatic heterocycles. The summed E-state index contributed by atoms with van der Waals surface area (Å²) in [7, 11) is 1.28. The molecule has 0 aliphatic heterocycles. The van der Waals surface area contributed by atoms with Gasteiger partial charge in [0, 0.05) is 11.6 Å². The van der Waals surface area contributed by atoms with E-state index in [9.17, 15) is 4.79 Å². The molecular formula is C11H7Cl2NO2. The highest BCUT2D eigenvalue weighted by Gasteiger charge is 2.18. The van der Waals surface area contributed by atoms with Gasteiger partial charge in [-0.15, -0.1) is 0 Å². The first-order chi connectivity index (χ1) is 7.65. The van der Waals surface area contributed by atoms with Crippen molar-refractivity contribution in [3.63, 3.8) is 0 Å². The van der Waals surface area contributed by atoms with E-state index in [4.69, 9.17) is 23.2 Å². The van der Waals surface area contributed by atoms with Crippen molar-refractivity contribution in [2.75, 3.05) is 7.11 Å². The van der Waals surface area contributed by atoms with Gasteiger partial charge in [0.25, 0.3) is 0 Å². The highest BCUT2D eigenvalue weighted by Crippen LogP contribution is 2.32. The second kappa shape index (κ2) is 4.28. The van der Waals surface area contributed by atoms with Crippen molar-refractivity contribution >= 4 is 40.1 Å². The molecule has 0 aliphatic rings. The molecular weight excluding hydrogens is 249 g/mol. The number of esters is 1. The number of aromatic nitrogens is 1. The maximum atomic E-state index is 11.5. The zero-order valence-electron chi connectivity index (χ0n) is 8.33. The number of ether oxygens (including phenoxy) is 1. The van der Waals surface area contributed by atoms with E-state index < -0.39 is 5.97 Å². The van der Waals surface area contributed by atoms with Crippen LogP contribution in [0.15, 0.2) is 24.4 Å². The Bertz CT molecular complexity index is 569. The summed E-state index contributed by atoms with van der Waals surface area (Å²) in [4.78, 5) is 15.6. The Morgan fingerprint density at radius 2 is 2.19 bits per heavy atom. The third kappa shape index (κ3) is 1.72. The van der Waals surface area contributed by atoms with E-state index >= 15 is 0 Å². The molecule has 0 saturated carbocycles. The first-order valence-electron chi connectivity index (χ1n) is 4.46. The summed E-state index contributed by atoms with van der Waals surface area (Å²) in [6, 6.07) is 5.10. The fourth-order valence-corrected chi connectivity index (χ4v) is 2.10. The van der Waals surface area contributed by atoms with Crippen molar-refractivity contribution in [1.82, 2.24) is 4.98 Å². The maximum absolute atomic E-state index is 11.5. The van der Waals surface area contributed by atoms with E-state index in [1.54, 1.807) is 24.4 Å². The predicted octanol–water partition coefficient (Wildman–Crippen LogP) is 3.33. The number of fused-ring (bicyclic) bond motifs is 1. The van der Waals surface area contributed by atoms with Crippen LogP contribution in [0.4, 0.5) is 0 Å². The van der Waals surface area contributed by atoms with Crippen molar-refractivity contribution in [2.45, 2.75) is 0 Å². The Labute approximate surface area is 102 Å². The van der Waals surface area contributed by atoms with E-state index in [-0.39, 0.29) is 15.6 Å². The molecule has 3 nitrogen and oxygen atoms in total. The third-order valence-electron chi connectivity index (χ3n) is 2.19. The van der Waals surface area contributed by atoms with Crippen LogP contribution < -0.4 is 0 Å². The van der Waals surface area contributed by atoms with Crippen LogP contribution in [0.3, 0.4) is 0 Å². The van der Waals surface area contributed by atoms with Gasteiger partial charge in [0.2, 0.25) is 0 Å². The average molecular weight is 256 g/mol. The minimum atomic E-state index is -0.555. The SMILES string of the molecule is COC(=O)c1c(Cl)cc2ncccc2c1Cl. The molecule has 0 N–H and O–H groups in total. The number of halogens is 2. The number of nitrogens with zero attached hydrogens (tertiary/aromatic N) is 1. The second-order valence-electron chi connectivity index (χ2n) is 3.11. The van der Waals surface area contributed by atoms with Gasteiger partial charge in [-0.1, -0.05) is 23.2 Å². The normalized spacial score (nSPS) is 10.4. The minimum Gasteiger partial charge on any atom is -0.465 e. The zero-order valence-corrected chi connectivity index (χ0v) is 9.84. The van der Waals surface area contributed by atoms with Gasteiger partial charge in [-0.3, -0.25) is 4.98 Å². The first-order valence-corrected chi connectivity index (χ1v) is 5.21. The molecule has 1 aromatic carbocycles. The summed E-state index contributed by atoms with van der Waals surface area (Å²) < 4.78 is 4.62. The van der Waals surface area contributed by atoms with Gasteiger partial charge in [0.05, 0.1) is 28.2 Å². The number of carbonyl (C=O) groups excluding carboxylic acids is 1. The molecule has 2 rings (SSSR count). The molecule has 0 atom stereocenters. The van der Waals surface area contributed by atoms with Crippen LogP contribution in [0.25, 0.3) is 10.9 Å². The highest BCUT2D eigenvalue weighted by atomic mass is 35.5. The van der Waals surface area contributed by atoms with Crippen LogP contribution >= 0.6 is 23.2 Å². The molecule has 0 spiro atoms. The van der Waals surface area contributed by atoms with Gasteiger partial charge < -0.3 is 4.74 Å². The van der Waals surface area contributed by atoms with Crippen LogP contribution in [0, 0.1) is 0 Å². The average Bonchev–Trinajstić information content (AvgIpc) is 2.28. The minimum absolute atomic E-state index is 0.173. The summed E-state index contributed by atoms with van der Waals surface area (Å²) >= 11 is 12.1. The maximum Gasteiger partial charge on any atom is 0.340 e. The molecule has 1 heterocycles. The van der Waals surface area contributed by atoms with Crippen LogP contribution in [-0.2, 0) is 4.74 Å². The van der Waals surface area contributed by atoms with Gasteiger partial charge >= 0.3 is 5.97 Å². The fourth-order valence-electron chi connectivity index (χ4n) is 1.44. The summed E-state index contributed by atoms with van der Waals surface area (Å²) in [6.45, 7) is 0. The van der Waals surface area contributed by atoms with E-state index in [0.29, 0.717) is 10.9 Å². The van der Waals surface area contributed by atoms with Crippen molar-refractivity contribution in [1.29, 1.82) is 0 Å². The lowest BCUT2D eigenvalue weighted by Crippen LogP contribution is -2.03. The van der Waals surface area contributed by atoms with E-state index in [1.165, 1.54) is 7.11 Å². The van der Waals surface area contributed by atoms with Gasteiger partial charge in [0.1, 0.15) is 0 Å². The van der Waals surface area contributed by atoms with E-state index in [2.05, 4.69) is 9.72 Å². The Morgan fingerprint density at radius 1 is 1.44 bits per heavy atom. The lowest BCUT2D eigenvalue weighted by Gasteiger charge is -2.07. The standard InChI is InChI=1S/C11H7Cl2NO2/c1-16-11(15)9-7(12)5-8-6(10(9)13)3-2-4-14-8/h2-5H,1H3. The molecule has 0 bridgehead atoms. The highest BCUT2D eigenvalue weighted by molar-refractivity contribution is 6.42. The van der Waals surface area contributed by atoms with Gasteiger partial charge in [0.15, 0.2) is 0 Å². The quantitative estimate of drug-likeness (QED) is 0.734. The first kappa shape index (κ1) is 11.2. The topological polar surface area (TPSA) is 39.2 Å². The van der Waals surface area contributed by atoms with Crippen molar-refractivity contribution in [2.24, 2.45) is 0 Å². The number of carbonyl (C=O) groups is 1. The number of methoxy groups -OCH3 is 1. The number of pyridine rings is 1. The van der Waals surface area contributed by atoms with Gasteiger partial charge in [-0.25, -0.2) is 4.79 Å². The summed E-state index contributed by atoms with van der Waals surface area (Å²) in [6.07, 6.45) is 1.63. The van der Waals surface area contributed by atoms with Crippen molar-refractivity contribution in [3.8, 4) is 0 Å². The van der Waals surface area contributed by atoms with E-state index in [0.717, 1.165) is 0 Å². The number of hydrogen-bond donors (Lipinski definition) is 0. The molecule has 82 valence electrons. The molecule has 0 aliphatic carbocycles. The van der Waals surface area contributed by atoms with Crippen LogP contribution in [0.1, 0.15) is 10.4 Å². The summed E-state index contributed by atoms with van der Waals surface area (Å²) in [5.74, 6) is -0.555. The Balaban J connectivity index is 2.80. The Hall–Kier alpha value is -1.32. The van der Waals surface area contributed by atoms with Crippen LogP contribution in [-0.4, -0.2) is 18.1 Å². The molecule has 16 heavy (non-hydrogen) atoms. The molecule has 0 radical (unpaired) electrons. The Kier molecular flexibility index (Phi) is 2.99. The van der Waals surface area contributed by atoms with Crippen molar-refractivity contribution < 1.29 is 9.53 Å². The molecule has 0 amide bonds. The zero-order chi connectivity index (χ0) is 11.7. The molecule has 5 heteroatoms. The lowest BCUT2D eigenvalue weighted by atomic mass is 10.1. The fraction of sp³-hybridized carbons (Fsp3) is 0.0909. The lowest BCUT2D eigenvalue weighted by molar-refractivity contribution is 0.0601. The largest absolute Gasteiger partial charge is 0.465 e. The molecule has 0 fully saturated rings. The van der Waals surface area contributed by atoms with E-state index in [1.807, 2.05) is 0 Å². The van der Waals surface area contributed by atoms with Gasteiger partial charge in [-0.2, -0.15) is 0 Å². The second-order valence-corrected chi connectivity index (χ2v) is 3.89. The Morgan fingerprint density at radius 3 is 2.88 bits per heavy atom. The van der Waals surface area contributed by atoms with Crippen LogP contribution in [0.2, 0.25) is 10.0 Å². The monoisotopic (exact) mass is 255 g/mol. The van der Waals surface area contributed by atoms with Crippen LogP contribution in [0.5, 0.6) is 0 Å². The molecule has 0 unspecified atom stereocenters. The molecule has 2 aromatic rings. The molecule has 0 saturated heterocycles. The number of hydrogen-bond acceptors (Lipinski definition) is 3. The summed E-state index contributed by atoms with van der Waals surface area (Å²) in [5, 5.41) is 1.18. The number of benzene rings is 1.